The minimum absolute atomic E-state index is 0.593. The number of hydrogen-bond acceptors (Lipinski definition) is 3. The molecule has 1 N–H and O–H groups in total. The Bertz CT molecular complexity index is 195. The molecule has 1 aromatic heterocycles. The average molecular weight is 142 g/mol. The molecule has 0 unspecified atom stereocenters. The van der Waals surface area contributed by atoms with Gasteiger partial charge in [0.2, 0.25) is 0 Å². The zero-order valence-electron chi connectivity index (χ0n) is 4.46. The summed E-state index contributed by atoms with van der Waals surface area (Å²) in [6, 6.07) is 3.43. The number of thiophene rings is 1. The largest absolute Gasteiger partial charge is 0.530 e. The van der Waals surface area contributed by atoms with Crippen LogP contribution in [0.2, 0.25) is 0 Å². The van der Waals surface area contributed by atoms with Crippen molar-refractivity contribution in [3.63, 3.8) is 0 Å². The number of hydrogen-bond donors (Lipinski definition) is 1. The molecule has 48 valence electrons. The summed E-state index contributed by atoms with van der Waals surface area (Å²) in [7, 11) is 0. The van der Waals surface area contributed by atoms with Crippen molar-refractivity contribution in [3.05, 3.63) is 17.5 Å². The third-order valence-electron chi connectivity index (χ3n) is 0.746. The third-order valence-corrected chi connectivity index (χ3v) is 1.53. The highest BCUT2D eigenvalue weighted by molar-refractivity contribution is 7.14. The maximum atomic E-state index is 9.85. The van der Waals surface area contributed by atoms with Crippen molar-refractivity contribution < 1.29 is 9.90 Å². The fourth-order valence-corrected chi connectivity index (χ4v) is 1.05. The summed E-state index contributed by atoms with van der Waals surface area (Å²) in [6.45, 7) is 0. The van der Waals surface area contributed by atoms with Crippen molar-refractivity contribution in [1.82, 2.24) is 0 Å². The van der Waals surface area contributed by atoms with Crippen LogP contribution in [0, 0.1) is 0 Å². The normalized spacial score (nSPS) is 8.89. The van der Waals surface area contributed by atoms with E-state index in [2.05, 4.69) is 5.32 Å². The number of amides is 1. The van der Waals surface area contributed by atoms with E-state index in [4.69, 9.17) is 0 Å². The SMILES string of the molecule is O=C([O-])Nc1cccs1. The van der Waals surface area contributed by atoms with Gasteiger partial charge >= 0.3 is 0 Å². The average Bonchev–Trinajstić information content (AvgIpc) is 2.15. The van der Waals surface area contributed by atoms with E-state index in [0.717, 1.165) is 0 Å². The van der Waals surface area contributed by atoms with Gasteiger partial charge in [-0.05, 0) is 17.5 Å². The maximum absolute atomic E-state index is 9.85. The molecule has 9 heavy (non-hydrogen) atoms. The van der Waals surface area contributed by atoms with E-state index in [1.165, 1.54) is 11.3 Å². The maximum Gasteiger partial charge on any atom is 0.139 e. The number of carboxylic acid groups (broad SMARTS) is 1. The molecule has 1 heterocycles. The van der Waals surface area contributed by atoms with E-state index in [1.54, 1.807) is 17.5 Å². The van der Waals surface area contributed by atoms with Crippen LogP contribution < -0.4 is 10.4 Å². The molecule has 0 aliphatic heterocycles. The van der Waals surface area contributed by atoms with Gasteiger partial charge in [0.25, 0.3) is 0 Å². The number of carbonyl (C=O) groups is 1. The lowest BCUT2D eigenvalue weighted by Crippen LogP contribution is -2.28. The van der Waals surface area contributed by atoms with Crippen LogP contribution >= 0.6 is 11.3 Å². The molecule has 0 saturated carbocycles. The van der Waals surface area contributed by atoms with E-state index >= 15 is 0 Å². The Labute approximate surface area is 55.9 Å². The minimum atomic E-state index is -1.27. The lowest BCUT2D eigenvalue weighted by atomic mass is 10.6. The topological polar surface area (TPSA) is 52.2 Å². The first kappa shape index (κ1) is 6.10. The predicted molar refractivity (Wildman–Crippen MR) is 33.3 cm³/mol. The van der Waals surface area contributed by atoms with Crippen LogP contribution in [-0.2, 0) is 0 Å². The molecule has 1 aromatic rings. The fourth-order valence-electron chi connectivity index (χ4n) is 0.450. The second-order valence-electron chi connectivity index (χ2n) is 1.39. The quantitative estimate of drug-likeness (QED) is 0.620. The smallest absolute Gasteiger partial charge is 0.139 e. The molecule has 0 radical (unpaired) electrons. The Morgan fingerprint density at radius 3 is 3.00 bits per heavy atom. The van der Waals surface area contributed by atoms with E-state index in [9.17, 15) is 9.90 Å². The van der Waals surface area contributed by atoms with Gasteiger partial charge in [-0.3, -0.25) is 0 Å². The number of anilines is 1. The molecule has 0 fully saturated rings. The Morgan fingerprint density at radius 2 is 2.56 bits per heavy atom. The van der Waals surface area contributed by atoms with Gasteiger partial charge in [-0.15, -0.1) is 11.3 Å². The predicted octanol–water partition coefficient (Wildman–Crippen LogP) is 0.503. The molecule has 0 spiro atoms. The van der Waals surface area contributed by atoms with Crippen molar-refractivity contribution >= 4 is 22.4 Å². The molecule has 0 aromatic carbocycles. The minimum Gasteiger partial charge on any atom is -0.530 e. The van der Waals surface area contributed by atoms with E-state index in [1.807, 2.05) is 0 Å². The van der Waals surface area contributed by atoms with Crippen LogP contribution in [0.1, 0.15) is 0 Å². The standard InChI is InChI=1S/C5H5NO2S/c7-5(8)6-4-2-1-3-9-4/h1-3,6H,(H,7,8)/p-1. The van der Waals surface area contributed by atoms with Crippen LogP contribution in [-0.4, -0.2) is 6.09 Å². The molecular weight excluding hydrogens is 138 g/mol. The molecule has 3 nitrogen and oxygen atoms in total. The Hall–Kier alpha value is -1.03. The van der Waals surface area contributed by atoms with Crippen LogP contribution in [0.5, 0.6) is 0 Å². The van der Waals surface area contributed by atoms with Crippen LogP contribution in [0.15, 0.2) is 17.5 Å². The molecule has 0 bridgehead atoms. The number of rotatable bonds is 1. The Morgan fingerprint density at radius 1 is 1.78 bits per heavy atom. The monoisotopic (exact) mass is 142 g/mol. The van der Waals surface area contributed by atoms with Gasteiger partial charge in [0.15, 0.2) is 0 Å². The van der Waals surface area contributed by atoms with Gasteiger partial charge in [-0.2, -0.15) is 0 Å². The van der Waals surface area contributed by atoms with Crippen molar-refractivity contribution in [2.24, 2.45) is 0 Å². The Balaban J connectivity index is 2.58. The van der Waals surface area contributed by atoms with Crippen LogP contribution in [0.3, 0.4) is 0 Å². The first-order chi connectivity index (χ1) is 4.29. The lowest BCUT2D eigenvalue weighted by molar-refractivity contribution is -0.242. The van der Waals surface area contributed by atoms with Crippen molar-refractivity contribution in [1.29, 1.82) is 0 Å². The zero-order chi connectivity index (χ0) is 6.69. The zero-order valence-corrected chi connectivity index (χ0v) is 5.27. The highest BCUT2D eigenvalue weighted by Gasteiger charge is 1.87. The summed E-state index contributed by atoms with van der Waals surface area (Å²) in [6.07, 6.45) is -1.27. The summed E-state index contributed by atoms with van der Waals surface area (Å²) in [4.78, 5) is 9.85. The van der Waals surface area contributed by atoms with E-state index < -0.39 is 6.09 Å². The van der Waals surface area contributed by atoms with Gasteiger partial charge in [-0.1, -0.05) is 0 Å². The second-order valence-corrected chi connectivity index (χ2v) is 2.34. The summed E-state index contributed by atoms with van der Waals surface area (Å²) in [5, 5.41) is 14.3. The van der Waals surface area contributed by atoms with Gasteiger partial charge < -0.3 is 15.2 Å². The number of carbonyl (C=O) groups excluding carboxylic acids is 1. The summed E-state index contributed by atoms with van der Waals surface area (Å²) in [5.41, 5.74) is 0. The van der Waals surface area contributed by atoms with Crippen molar-refractivity contribution in [2.45, 2.75) is 0 Å². The Kier molecular flexibility index (Phi) is 1.69. The summed E-state index contributed by atoms with van der Waals surface area (Å²) < 4.78 is 0. The lowest BCUT2D eigenvalue weighted by Gasteiger charge is -2.00. The van der Waals surface area contributed by atoms with E-state index in [-0.39, 0.29) is 0 Å². The molecule has 0 saturated heterocycles. The van der Waals surface area contributed by atoms with Crippen LogP contribution in [0.4, 0.5) is 9.80 Å². The van der Waals surface area contributed by atoms with Gasteiger partial charge in [0.05, 0.1) is 5.00 Å². The second kappa shape index (κ2) is 2.50. The van der Waals surface area contributed by atoms with Crippen molar-refractivity contribution in [3.8, 4) is 0 Å². The molecule has 0 atom stereocenters. The first-order valence-corrected chi connectivity index (χ1v) is 3.18. The summed E-state index contributed by atoms with van der Waals surface area (Å²) >= 11 is 1.32. The number of nitrogens with one attached hydrogen (secondary N) is 1. The molecule has 0 aliphatic rings. The fraction of sp³-hybridized carbons (Fsp3) is 0. The van der Waals surface area contributed by atoms with Crippen LogP contribution in [0.25, 0.3) is 0 Å². The van der Waals surface area contributed by atoms with Gasteiger partial charge in [0, 0.05) is 0 Å². The first-order valence-electron chi connectivity index (χ1n) is 2.30. The van der Waals surface area contributed by atoms with Gasteiger partial charge in [0.1, 0.15) is 6.09 Å². The third kappa shape index (κ3) is 1.73. The highest BCUT2D eigenvalue weighted by Crippen LogP contribution is 2.13. The molecule has 1 amide bonds. The molecular formula is C5H4NO2S-. The van der Waals surface area contributed by atoms with Gasteiger partial charge in [-0.25, -0.2) is 0 Å². The van der Waals surface area contributed by atoms with Crippen molar-refractivity contribution in [2.75, 3.05) is 5.32 Å². The highest BCUT2D eigenvalue weighted by atomic mass is 32.1. The summed E-state index contributed by atoms with van der Waals surface area (Å²) in [5.74, 6) is 0. The molecule has 1 rings (SSSR count). The van der Waals surface area contributed by atoms with E-state index in [0.29, 0.717) is 5.00 Å². The molecule has 0 aliphatic carbocycles. The molecule has 4 heteroatoms.